The molecule has 1 atom stereocenters. The van der Waals surface area contributed by atoms with Crippen LogP contribution in [0.3, 0.4) is 0 Å². The molecule has 1 rings (SSSR count). The fourth-order valence-corrected chi connectivity index (χ4v) is 1.80. The molecule has 0 spiro atoms. The van der Waals surface area contributed by atoms with Gasteiger partial charge in [0.1, 0.15) is 11.8 Å². The number of para-hydroxylation sites is 1. The number of esters is 1. The molecule has 0 amide bonds. The van der Waals surface area contributed by atoms with Crippen molar-refractivity contribution in [2.24, 2.45) is 5.92 Å². The Morgan fingerprint density at radius 2 is 1.95 bits per heavy atom. The third-order valence-corrected chi connectivity index (χ3v) is 2.82. The molecule has 0 fully saturated rings. The van der Waals surface area contributed by atoms with Gasteiger partial charge in [0.2, 0.25) is 0 Å². The number of hydrogen-bond acceptors (Lipinski definition) is 4. The Morgan fingerprint density at radius 1 is 1.30 bits per heavy atom. The topological polar surface area (TPSA) is 47.6 Å². The van der Waals surface area contributed by atoms with E-state index < -0.39 is 12.7 Å². The van der Waals surface area contributed by atoms with Crippen LogP contribution in [0.2, 0.25) is 0 Å². The van der Waals surface area contributed by atoms with Gasteiger partial charge < -0.3 is 9.47 Å². The summed E-state index contributed by atoms with van der Waals surface area (Å²) in [6.07, 6.45) is 0. The highest BCUT2D eigenvalue weighted by atomic mass is 19.3. The smallest absolute Gasteiger partial charge is 0.387 e. The predicted octanol–water partition coefficient (Wildman–Crippen LogP) is 2.58. The predicted molar refractivity (Wildman–Crippen MR) is 70.6 cm³/mol. The van der Waals surface area contributed by atoms with Crippen molar-refractivity contribution >= 4 is 5.97 Å². The summed E-state index contributed by atoms with van der Waals surface area (Å²) in [5, 5.41) is 3.00. The molecular weight excluding hydrogens is 268 g/mol. The van der Waals surface area contributed by atoms with E-state index in [4.69, 9.17) is 4.74 Å². The summed E-state index contributed by atoms with van der Waals surface area (Å²) in [6.45, 7) is 1.10. The van der Waals surface area contributed by atoms with Gasteiger partial charge >= 0.3 is 12.6 Å². The van der Waals surface area contributed by atoms with Gasteiger partial charge in [0, 0.05) is 12.1 Å². The summed E-state index contributed by atoms with van der Waals surface area (Å²) in [5.74, 6) is -0.264. The average Bonchev–Trinajstić information content (AvgIpc) is 2.39. The molecule has 112 valence electrons. The van der Waals surface area contributed by atoms with Crippen molar-refractivity contribution in [1.82, 2.24) is 5.32 Å². The maximum atomic E-state index is 12.3. The lowest BCUT2D eigenvalue weighted by atomic mass is 10.0. The molecule has 0 bridgehead atoms. The van der Waals surface area contributed by atoms with Gasteiger partial charge in [-0.25, -0.2) is 0 Å². The number of carbonyl (C=O) groups is 1. The van der Waals surface area contributed by atoms with Gasteiger partial charge in [0.25, 0.3) is 0 Å². The number of ether oxygens (including phenoxy) is 2. The van der Waals surface area contributed by atoms with Crippen LogP contribution in [0.4, 0.5) is 8.78 Å². The number of alkyl halides is 2. The van der Waals surface area contributed by atoms with Crippen LogP contribution in [0.15, 0.2) is 24.3 Å². The second kappa shape index (κ2) is 7.79. The van der Waals surface area contributed by atoms with Crippen molar-refractivity contribution < 1.29 is 23.0 Å². The first-order chi connectivity index (χ1) is 9.45. The monoisotopic (exact) mass is 287 g/mol. The van der Waals surface area contributed by atoms with Crippen LogP contribution < -0.4 is 10.1 Å². The average molecular weight is 287 g/mol. The molecule has 4 nitrogen and oxygen atoms in total. The molecule has 0 unspecified atom stereocenters. The van der Waals surface area contributed by atoms with Crippen molar-refractivity contribution in [3.8, 4) is 5.75 Å². The SMILES string of the molecule is COC(=O)[C@@H](NCc1ccccc1OC(F)F)C(C)C. The molecule has 20 heavy (non-hydrogen) atoms. The summed E-state index contributed by atoms with van der Waals surface area (Å²) in [7, 11) is 1.31. The fourth-order valence-electron chi connectivity index (χ4n) is 1.80. The third kappa shape index (κ3) is 4.77. The standard InChI is InChI=1S/C14H19F2NO3/c1-9(2)12(13(18)19-3)17-8-10-6-4-5-7-11(10)20-14(15)16/h4-7,9,12,14,17H,8H2,1-3H3/t12-/m0/s1. The van der Waals surface area contributed by atoms with Gasteiger partial charge in [-0.1, -0.05) is 32.0 Å². The van der Waals surface area contributed by atoms with Gasteiger partial charge in [0.15, 0.2) is 0 Å². The molecular formula is C14H19F2NO3. The Kier molecular flexibility index (Phi) is 6.38. The summed E-state index contributed by atoms with van der Waals surface area (Å²) in [4.78, 5) is 11.6. The minimum atomic E-state index is -2.88. The maximum Gasteiger partial charge on any atom is 0.387 e. The van der Waals surface area contributed by atoms with E-state index in [0.29, 0.717) is 5.56 Å². The van der Waals surface area contributed by atoms with Gasteiger partial charge in [-0.15, -0.1) is 0 Å². The first-order valence-corrected chi connectivity index (χ1v) is 6.29. The van der Waals surface area contributed by atoms with Crippen LogP contribution in [-0.2, 0) is 16.1 Å². The second-order valence-electron chi connectivity index (χ2n) is 4.61. The Bertz CT molecular complexity index is 438. The molecule has 0 aliphatic carbocycles. The number of carbonyl (C=O) groups excluding carboxylic acids is 1. The highest BCUT2D eigenvalue weighted by Crippen LogP contribution is 2.20. The van der Waals surface area contributed by atoms with E-state index in [0.717, 1.165) is 0 Å². The summed E-state index contributed by atoms with van der Waals surface area (Å²) >= 11 is 0. The highest BCUT2D eigenvalue weighted by molar-refractivity contribution is 5.75. The zero-order valence-corrected chi connectivity index (χ0v) is 11.7. The lowest BCUT2D eigenvalue weighted by molar-refractivity contribution is -0.144. The van der Waals surface area contributed by atoms with E-state index in [1.54, 1.807) is 18.2 Å². The van der Waals surface area contributed by atoms with Crippen molar-refractivity contribution in [1.29, 1.82) is 0 Å². The van der Waals surface area contributed by atoms with Gasteiger partial charge in [-0.05, 0) is 12.0 Å². The molecule has 1 N–H and O–H groups in total. The summed E-state index contributed by atoms with van der Waals surface area (Å²) in [5.41, 5.74) is 0.558. The quantitative estimate of drug-likeness (QED) is 0.783. The van der Waals surface area contributed by atoms with Gasteiger partial charge in [-0.2, -0.15) is 8.78 Å². The van der Waals surface area contributed by atoms with E-state index in [1.807, 2.05) is 13.8 Å². The molecule has 0 aliphatic rings. The Morgan fingerprint density at radius 3 is 2.50 bits per heavy atom. The highest BCUT2D eigenvalue weighted by Gasteiger charge is 2.22. The second-order valence-corrected chi connectivity index (χ2v) is 4.61. The Hall–Kier alpha value is -1.69. The molecule has 1 aromatic carbocycles. The van der Waals surface area contributed by atoms with E-state index in [9.17, 15) is 13.6 Å². The minimum absolute atomic E-state index is 0.0191. The Balaban J connectivity index is 2.75. The fraction of sp³-hybridized carbons (Fsp3) is 0.500. The number of methoxy groups -OCH3 is 1. The number of benzene rings is 1. The largest absolute Gasteiger partial charge is 0.468 e. The number of halogens is 2. The van der Waals surface area contributed by atoms with Crippen LogP contribution >= 0.6 is 0 Å². The molecule has 1 aromatic rings. The van der Waals surface area contributed by atoms with Crippen molar-refractivity contribution in [3.05, 3.63) is 29.8 Å². The first kappa shape index (κ1) is 16.4. The first-order valence-electron chi connectivity index (χ1n) is 6.29. The summed E-state index contributed by atoms with van der Waals surface area (Å²) < 4.78 is 33.7. The maximum absolute atomic E-state index is 12.3. The molecule has 6 heteroatoms. The van der Waals surface area contributed by atoms with E-state index >= 15 is 0 Å². The van der Waals surface area contributed by atoms with Crippen molar-refractivity contribution in [2.75, 3.05) is 7.11 Å². The van der Waals surface area contributed by atoms with E-state index in [1.165, 1.54) is 13.2 Å². The van der Waals surface area contributed by atoms with Crippen LogP contribution in [0, 0.1) is 5.92 Å². The van der Waals surface area contributed by atoms with Crippen LogP contribution in [-0.4, -0.2) is 25.7 Å². The third-order valence-electron chi connectivity index (χ3n) is 2.82. The normalized spacial score (nSPS) is 12.6. The molecule has 0 saturated heterocycles. The van der Waals surface area contributed by atoms with E-state index in [2.05, 4.69) is 10.1 Å². The van der Waals surface area contributed by atoms with Crippen LogP contribution in [0.5, 0.6) is 5.75 Å². The van der Waals surface area contributed by atoms with E-state index in [-0.39, 0.29) is 24.2 Å². The van der Waals surface area contributed by atoms with Gasteiger partial charge in [0.05, 0.1) is 7.11 Å². The lowest BCUT2D eigenvalue weighted by Crippen LogP contribution is -2.41. The molecule has 0 aliphatic heterocycles. The van der Waals surface area contributed by atoms with Crippen molar-refractivity contribution in [2.45, 2.75) is 33.0 Å². The zero-order valence-electron chi connectivity index (χ0n) is 11.7. The molecule has 0 heterocycles. The molecule has 0 saturated carbocycles. The van der Waals surface area contributed by atoms with Crippen LogP contribution in [0.1, 0.15) is 19.4 Å². The van der Waals surface area contributed by atoms with Crippen LogP contribution in [0.25, 0.3) is 0 Å². The number of nitrogens with one attached hydrogen (secondary N) is 1. The Labute approximate surface area is 117 Å². The summed E-state index contributed by atoms with van der Waals surface area (Å²) in [6, 6.07) is 5.96. The number of rotatable bonds is 7. The number of hydrogen-bond donors (Lipinski definition) is 1. The minimum Gasteiger partial charge on any atom is -0.468 e. The van der Waals surface area contributed by atoms with Gasteiger partial charge in [-0.3, -0.25) is 10.1 Å². The molecule has 0 aromatic heterocycles. The zero-order chi connectivity index (χ0) is 15.1. The molecule has 0 radical (unpaired) electrons. The lowest BCUT2D eigenvalue weighted by Gasteiger charge is -2.20. The van der Waals surface area contributed by atoms with Crippen molar-refractivity contribution in [3.63, 3.8) is 0 Å².